The van der Waals surface area contributed by atoms with Gasteiger partial charge < -0.3 is 14.4 Å². The van der Waals surface area contributed by atoms with Crippen LogP contribution in [0.3, 0.4) is 0 Å². The van der Waals surface area contributed by atoms with Crippen molar-refractivity contribution in [3.8, 4) is 5.75 Å². The third-order valence-corrected chi connectivity index (χ3v) is 3.49. The zero-order chi connectivity index (χ0) is 16.1. The van der Waals surface area contributed by atoms with Crippen LogP contribution in [-0.4, -0.2) is 41.5 Å². The van der Waals surface area contributed by atoms with Crippen LogP contribution >= 0.6 is 23.2 Å². The molecule has 7 heteroatoms. The second-order valence-electron chi connectivity index (χ2n) is 5.17. The molecular formula is C15H18Cl2N2O3. The Bertz CT molecular complexity index is 619. The summed E-state index contributed by atoms with van der Waals surface area (Å²) in [4.78, 5) is 1.94. The molecule has 1 unspecified atom stereocenters. The lowest BCUT2D eigenvalue weighted by Gasteiger charge is -2.20. The average Bonchev–Trinajstić information content (AvgIpc) is 2.82. The van der Waals surface area contributed by atoms with Gasteiger partial charge in [-0.2, -0.15) is 0 Å². The molecule has 1 aromatic carbocycles. The molecule has 2 aromatic rings. The lowest BCUT2D eigenvalue weighted by Crippen LogP contribution is -2.32. The summed E-state index contributed by atoms with van der Waals surface area (Å²) >= 11 is 11.8. The van der Waals surface area contributed by atoms with E-state index < -0.39 is 6.10 Å². The maximum Gasteiger partial charge on any atom is 0.138 e. The van der Waals surface area contributed by atoms with Gasteiger partial charge >= 0.3 is 0 Å². The molecule has 22 heavy (non-hydrogen) atoms. The van der Waals surface area contributed by atoms with Crippen molar-refractivity contribution in [2.24, 2.45) is 0 Å². The second kappa shape index (κ2) is 7.83. The van der Waals surface area contributed by atoms with Gasteiger partial charge in [0.05, 0.1) is 10.7 Å². The summed E-state index contributed by atoms with van der Waals surface area (Å²) in [7, 11) is 1.89. The molecule has 1 aromatic heterocycles. The van der Waals surface area contributed by atoms with Gasteiger partial charge in [-0.05, 0) is 32.2 Å². The lowest BCUT2D eigenvalue weighted by atomic mass is 10.3. The highest BCUT2D eigenvalue weighted by atomic mass is 35.5. The number of aryl methyl sites for hydroxylation is 1. The van der Waals surface area contributed by atoms with Crippen molar-refractivity contribution >= 4 is 23.2 Å². The number of ether oxygens (including phenoxy) is 1. The molecule has 1 atom stereocenters. The fourth-order valence-corrected chi connectivity index (χ4v) is 2.49. The van der Waals surface area contributed by atoms with Crippen LogP contribution in [0, 0.1) is 6.92 Å². The molecule has 0 aliphatic rings. The number of aliphatic hydroxyl groups excluding tert-OH is 1. The van der Waals surface area contributed by atoms with Crippen molar-refractivity contribution in [3.63, 3.8) is 0 Å². The molecule has 0 bridgehead atoms. The van der Waals surface area contributed by atoms with Gasteiger partial charge in [-0.15, -0.1) is 0 Å². The molecule has 2 rings (SSSR count). The summed E-state index contributed by atoms with van der Waals surface area (Å²) in [5.41, 5.74) is 0.828. The first-order valence-corrected chi connectivity index (χ1v) is 7.56. The molecule has 1 heterocycles. The number of nitrogens with zero attached hydrogens (tertiary/aromatic N) is 2. The third-order valence-electron chi connectivity index (χ3n) is 2.96. The molecule has 120 valence electrons. The van der Waals surface area contributed by atoms with Crippen LogP contribution in [0.5, 0.6) is 5.75 Å². The number of aromatic nitrogens is 1. The van der Waals surface area contributed by atoms with Gasteiger partial charge in [-0.25, -0.2) is 0 Å². The number of rotatable bonds is 7. The summed E-state index contributed by atoms with van der Waals surface area (Å²) in [6.07, 6.45) is -0.648. The Morgan fingerprint density at radius 3 is 2.77 bits per heavy atom. The van der Waals surface area contributed by atoms with E-state index in [1.54, 1.807) is 18.2 Å². The molecule has 0 aliphatic carbocycles. The average molecular weight is 345 g/mol. The van der Waals surface area contributed by atoms with E-state index >= 15 is 0 Å². The molecule has 5 nitrogen and oxygen atoms in total. The van der Waals surface area contributed by atoms with E-state index in [0.29, 0.717) is 28.9 Å². The van der Waals surface area contributed by atoms with Crippen molar-refractivity contribution in [1.29, 1.82) is 0 Å². The van der Waals surface area contributed by atoms with Gasteiger partial charge in [0.2, 0.25) is 0 Å². The first kappa shape index (κ1) is 17.1. The van der Waals surface area contributed by atoms with Crippen molar-refractivity contribution in [1.82, 2.24) is 10.1 Å². The van der Waals surface area contributed by atoms with Crippen molar-refractivity contribution < 1.29 is 14.4 Å². The van der Waals surface area contributed by atoms with Crippen LogP contribution in [0.25, 0.3) is 0 Å². The maximum atomic E-state index is 10.0. The number of aliphatic hydroxyl groups is 1. The van der Waals surface area contributed by atoms with Crippen molar-refractivity contribution in [2.75, 3.05) is 20.2 Å². The second-order valence-corrected chi connectivity index (χ2v) is 6.01. The highest BCUT2D eigenvalue weighted by Gasteiger charge is 2.12. The summed E-state index contributed by atoms with van der Waals surface area (Å²) < 4.78 is 10.5. The zero-order valence-corrected chi connectivity index (χ0v) is 13.9. The minimum atomic E-state index is -0.648. The minimum Gasteiger partial charge on any atom is -0.489 e. The van der Waals surface area contributed by atoms with Crippen LogP contribution in [0.2, 0.25) is 10.0 Å². The van der Waals surface area contributed by atoms with Crippen molar-refractivity contribution in [3.05, 3.63) is 45.8 Å². The van der Waals surface area contributed by atoms with E-state index in [4.69, 9.17) is 32.5 Å². The molecular weight excluding hydrogens is 327 g/mol. The Balaban J connectivity index is 1.78. The zero-order valence-electron chi connectivity index (χ0n) is 12.4. The number of benzene rings is 1. The summed E-state index contributed by atoms with van der Waals surface area (Å²) in [5, 5.41) is 14.9. The van der Waals surface area contributed by atoms with E-state index in [1.165, 1.54) is 0 Å². The first-order chi connectivity index (χ1) is 10.4. The van der Waals surface area contributed by atoms with Gasteiger partial charge in [0.1, 0.15) is 24.2 Å². The van der Waals surface area contributed by atoms with Gasteiger partial charge in [0, 0.05) is 24.2 Å². The lowest BCUT2D eigenvalue weighted by molar-refractivity contribution is 0.0738. The predicted molar refractivity (Wildman–Crippen MR) is 85.5 cm³/mol. The minimum absolute atomic E-state index is 0.142. The molecule has 0 radical (unpaired) electrons. The Morgan fingerprint density at radius 2 is 2.14 bits per heavy atom. The van der Waals surface area contributed by atoms with Crippen LogP contribution in [0.4, 0.5) is 0 Å². The molecule has 0 amide bonds. The van der Waals surface area contributed by atoms with E-state index in [1.807, 2.05) is 24.9 Å². The van der Waals surface area contributed by atoms with E-state index in [2.05, 4.69) is 5.16 Å². The van der Waals surface area contributed by atoms with Gasteiger partial charge in [0.15, 0.2) is 0 Å². The van der Waals surface area contributed by atoms with Gasteiger partial charge in [-0.1, -0.05) is 28.4 Å². The Morgan fingerprint density at radius 1 is 1.36 bits per heavy atom. The number of hydrogen-bond donors (Lipinski definition) is 1. The number of halogens is 2. The standard InChI is InChI=1S/C15H18Cl2N2O3/c1-10-5-12(18-22-10)7-19(2)8-13(20)9-21-15-4-3-11(16)6-14(15)17/h3-6,13,20H,7-9H2,1-2H3. The first-order valence-electron chi connectivity index (χ1n) is 6.80. The molecule has 0 aliphatic heterocycles. The molecule has 1 N–H and O–H groups in total. The molecule has 0 saturated heterocycles. The summed E-state index contributed by atoms with van der Waals surface area (Å²) in [6, 6.07) is 6.84. The van der Waals surface area contributed by atoms with Crippen LogP contribution in [-0.2, 0) is 6.54 Å². The van der Waals surface area contributed by atoms with Gasteiger partial charge in [-0.3, -0.25) is 4.90 Å². The Kier molecular flexibility index (Phi) is 6.08. The molecule has 0 spiro atoms. The fraction of sp³-hybridized carbons (Fsp3) is 0.400. The smallest absolute Gasteiger partial charge is 0.138 e. The highest BCUT2D eigenvalue weighted by molar-refractivity contribution is 6.35. The van der Waals surface area contributed by atoms with Crippen molar-refractivity contribution in [2.45, 2.75) is 19.6 Å². The number of hydrogen-bond acceptors (Lipinski definition) is 5. The predicted octanol–water partition coefficient (Wildman–Crippen LogP) is 3.16. The topological polar surface area (TPSA) is 58.7 Å². The fourth-order valence-electron chi connectivity index (χ4n) is 2.02. The monoisotopic (exact) mass is 344 g/mol. The SMILES string of the molecule is Cc1cc(CN(C)CC(O)COc2ccc(Cl)cc2Cl)no1. The van der Waals surface area contributed by atoms with Gasteiger partial charge in [0.25, 0.3) is 0 Å². The van der Waals surface area contributed by atoms with E-state index in [0.717, 1.165) is 11.5 Å². The third kappa shape index (κ3) is 5.18. The quantitative estimate of drug-likeness (QED) is 0.835. The molecule has 0 fully saturated rings. The largest absolute Gasteiger partial charge is 0.489 e. The summed E-state index contributed by atoms with van der Waals surface area (Å²) in [5.74, 6) is 1.27. The summed E-state index contributed by atoms with van der Waals surface area (Å²) in [6.45, 7) is 3.02. The maximum absolute atomic E-state index is 10.0. The van der Waals surface area contributed by atoms with Crippen LogP contribution < -0.4 is 4.74 Å². The van der Waals surface area contributed by atoms with Crippen LogP contribution in [0.1, 0.15) is 11.5 Å². The Labute approximate surface area is 139 Å². The number of likely N-dealkylation sites (N-methyl/N-ethyl adjacent to an activating group) is 1. The van der Waals surface area contributed by atoms with Crippen LogP contribution in [0.15, 0.2) is 28.8 Å². The Hall–Kier alpha value is -1.27. The highest BCUT2D eigenvalue weighted by Crippen LogP contribution is 2.27. The molecule has 0 saturated carbocycles. The normalized spacial score (nSPS) is 12.6. The van der Waals surface area contributed by atoms with E-state index in [-0.39, 0.29) is 6.61 Å². The van der Waals surface area contributed by atoms with E-state index in [9.17, 15) is 5.11 Å².